The lowest BCUT2D eigenvalue weighted by atomic mass is 10.2. The fourth-order valence-electron chi connectivity index (χ4n) is 2.53. The third-order valence-corrected chi connectivity index (χ3v) is 3.88. The van der Waals surface area contributed by atoms with Gasteiger partial charge in [-0.1, -0.05) is 0 Å². The molecule has 1 N–H and O–H groups in total. The van der Waals surface area contributed by atoms with E-state index >= 15 is 0 Å². The molecule has 1 aliphatic rings. The number of rotatable bonds is 5. The van der Waals surface area contributed by atoms with Gasteiger partial charge in [-0.15, -0.1) is 0 Å². The van der Waals surface area contributed by atoms with Gasteiger partial charge in [0.2, 0.25) is 0 Å². The van der Waals surface area contributed by atoms with Gasteiger partial charge in [0.05, 0.1) is 5.52 Å². The molecule has 0 aliphatic heterocycles. The first-order valence-electron chi connectivity index (χ1n) is 6.72. The van der Waals surface area contributed by atoms with E-state index in [4.69, 9.17) is 0 Å². The third-order valence-electron chi connectivity index (χ3n) is 3.88. The van der Waals surface area contributed by atoms with E-state index in [1.807, 2.05) is 18.3 Å². The number of nitrogens with one attached hydrogen (secondary N) is 1. The highest BCUT2D eigenvalue weighted by molar-refractivity contribution is 5.80. The van der Waals surface area contributed by atoms with Crippen molar-refractivity contribution in [2.45, 2.75) is 32.4 Å². The average molecular weight is 246 g/mol. The van der Waals surface area contributed by atoms with E-state index in [1.165, 1.54) is 18.9 Å². The summed E-state index contributed by atoms with van der Waals surface area (Å²) in [4.78, 5) is 0. The minimum Gasteiger partial charge on any atom is -0.346 e. The maximum absolute atomic E-state index is 13.2. The molecule has 0 radical (unpaired) electrons. The summed E-state index contributed by atoms with van der Waals surface area (Å²) in [6.45, 7) is 4.09. The Bertz CT molecular complexity index is 542. The van der Waals surface area contributed by atoms with Crippen molar-refractivity contribution in [3.05, 3.63) is 36.3 Å². The Morgan fingerprint density at radius 1 is 1.39 bits per heavy atom. The van der Waals surface area contributed by atoms with Crippen LogP contribution < -0.4 is 5.32 Å². The highest BCUT2D eigenvalue weighted by atomic mass is 19.1. The van der Waals surface area contributed by atoms with Crippen molar-refractivity contribution in [2.24, 2.45) is 5.92 Å². The van der Waals surface area contributed by atoms with Crippen molar-refractivity contribution in [3.8, 4) is 0 Å². The molecule has 0 saturated heterocycles. The number of nitrogens with zero attached hydrogens (tertiary/aromatic N) is 1. The summed E-state index contributed by atoms with van der Waals surface area (Å²) in [5.41, 5.74) is 0.982. The van der Waals surface area contributed by atoms with E-state index in [-0.39, 0.29) is 5.82 Å². The molecule has 96 valence electrons. The zero-order valence-electron chi connectivity index (χ0n) is 10.7. The highest BCUT2D eigenvalue weighted by Gasteiger charge is 2.27. The molecule has 1 saturated carbocycles. The Hall–Kier alpha value is -1.35. The van der Waals surface area contributed by atoms with Gasteiger partial charge in [0.15, 0.2) is 0 Å². The lowest BCUT2D eigenvalue weighted by Gasteiger charge is -2.13. The summed E-state index contributed by atoms with van der Waals surface area (Å²) in [5.74, 6) is 0.714. The standard InChI is InChI=1S/C15H19FN2/c1-11(12-2-3-12)17-7-9-18-8-6-13-4-5-14(16)10-15(13)18/h4-6,8,10-12,17H,2-3,7,9H2,1H3. The second kappa shape index (κ2) is 4.73. The summed E-state index contributed by atoms with van der Waals surface area (Å²) in [7, 11) is 0. The molecule has 1 aliphatic carbocycles. The molecule has 18 heavy (non-hydrogen) atoms. The Kier molecular flexibility index (Phi) is 3.08. The maximum Gasteiger partial charge on any atom is 0.125 e. The van der Waals surface area contributed by atoms with Gasteiger partial charge in [0.25, 0.3) is 0 Å². The molecule has 2 nitrogen and oxygen atoms in total. The zero-order chi connectivity index (χ0) is 12.5. The molecule has 3 heteroatoms. The lowest BCUT2D eigenvalue weighted by Crippen LogP contribution is -2.30. The first-order chi connectivity index (χ1) is 8.74. The number of hydrogen-bond acceptors (Lipinski definition) is 1. The van der Waals surface area contributed by atoms with Crippen LogP contribution in [0.2, 0.25) is 0 Å². The molecule has 2 aromatic rings. The Balaban J connectivity index is 1.64. The molecule has 1 aromatic heterocycles. The second-order valence-corrected chi connectivity index (χ2v) is 5.29. The van der Waals surface area contributed by atoms with Crippen molar-refractivity contribution in [1.82, 2.24) is 9.88 Å². The van der Waals surface area contributed by atoms with Crippen molar-refractivity contribution < 1.29 is 4.39 Å². The van der Waals surface area contributed by atoms with Crippen molar-refractivity contribution in [3.63, 3.8) is 0 Å². The molecular formula is C15H19FN2. The fourth-order valence-corrected chi connectivity index (χ4v) is 2.53. The predicted octanol–water partition coefficient (Wildman–Crippen LogP) is 3.17. The van der Waals surface area contributed by atoms with E-state index < -0.39 is 0 Å². The van der Waals surface area contributed by atoms with E-state index in [0.717, 1.165) is 29.9 Å². The minimum atomic E-state index is -0.165. The first-order valence-corrected chi connectivity index (χ1v) is 6.72. The smallest absolute Gasteiger partial charge is 0.125 e. The molecule has 1 unspecified atom stereocenters. The fraction of sp³-hybridized carbons (Fsp3) is 0.467. The SMILES string of the molecule is CC(NCCn1ccc2ccc(F)cc21)C1CC1. The van der Waals surface area contributed by atoms with E-state index in [0.29, 0.717) is 6.04 Å². The van der Waals surface area contributed by atoms with Gasteiger partial charge in [0, 0.05) is 25.3 Å². The number of aromatic nitrogens is 1. The highest BCUT2D eigenvalue weighted by Crippen LogP contribution is 2.32. The number of benzene rings is 1. The van der Waals surface area contributed by atoms with Gasteiger partial charge in [-0.25, -0.2) is 4.39 Å². The predicted molar refractivity (Wildman–Crippen MR) is 72.1 cm³/mol. The normalized spacial score (nSPS) is 17.2. The first kappa shape index (κ1) is 11.7. The Morgan fingerprint density at radius 2 is 2.22 bits per heavy atom. The zero-order valence-corrected chi connectivity index (χ0v) is 10.7. The largest absolute Gasteiger partial charge is 0.346 e. The average Bonchev–Trinajstić information content (AvgIpc) is 3.13. The van der Waals surface area contributed by atoms with Crippen LogP contribution >= 0.6 is 0 Å². The number of fused-ring (bicyclic) bond motifs is 1. The van der Waals surface area contributed by atoms with E-state index in [9.17, 15) is 4.39 Å². The Labute approximate surface area is 107 Å². The van der Waals surface area contributed by atoms with Crippen LogP contribution in [-0.4, -0.2) is 17.2 Å². The minimum absolute atomic E-state index is 0.165. The molecule has 3 rings (SSSR count). The van der Waals surface area contributed by atoms with Gasteiger partial charge >= 0.3 is 0 Å². The van der Waals surface area contributed by atoms with Crippen LogP contribution in [0.25, 0.3) is 10.9 Å². The topological polar surface area (TPSA) is 17.0 Å². The van der Waals surface area contributed by atoms with Crippen LogP contribution in [0.3, 0.4) is 0 Å². The van der Waals surface area contributed by atoms with Crippen molar-refractivity contribution in [2.75, 3.05) is 6.54 Å². The molecule has 1 fully saturated rings. The summed E-state index contributed by atoms with van der Waals surface area (Å²) in [5, 5.41) is 4.65. The van der Waals surface area contributed by atoms with Crippen LogP contribution in [-0.2, 0) is 6.54 Å². The van der Waals surface area contributed by atoms with Gasteiger partial charge in [-0.05, 0) is 55.3 Å². The molecule has 1 heterocycles. The van der Waals surface area contributed by atoms with Crippen molar-refractivity contribution >= 4 is 10.9 Å². The van der Waals surface area contributed by atoms with Gasteiger partial charge in [-0.3, -0.25) is 0 Å². The number of halogens is 1. The molecule has 0 amide bonds. The van der Waals surface area contributed by atoms with Crippen LogP contribution in [0.1, 0.15) is 19.8 Å². The van der Waals surface area contributed by atoms with Crippen LogP contribution in [0.5, 0.6) is 0 Å². The third kappa shape index (κ3) is 2.41. The summed E-state index contributed by atoms with van der Waals surface area (Å²) in [6.07, 6.45) is 4.77. The molecule has 1 atom stereocenters. The van der Waals surface area contributed by atoms with Crippen molar-refractivity contribution in [1.29, 1.82) is 0 Å². The van der Waals surface area contributed by atoms with E-state index in [2.05, 4.69) is 16.8 Å². The summed E-state index contributed by atoms with van der Waals surface area (Å²) in [6, 6.07) is 7.61. The Morgan fingerprint density at radius 3 is 3.00 bits per heavy atom. The monoisotopic (exact) mass is 246 g/mol. The lowest BCUT2D eigenvalue weighted by molar-refractivity contribution is 0.478. The molecule has 1 aromatic carbocycles. The van der Waals surface area contributed by atoms with Gasteiger partial charge < -0.3 is 9.88 Å². The molecular weight excluding hydrogens is 227 g/mol. The van der Waals surface area contributed by atoms with Gasteiger partial charge in [0.1, 0.15) is 5.82 Å². The maximum atomic E-state index is 13.2. The molecule has 0 bridgehead atoms. The van der Waals surface area contributed by atoms with E-state index in [1.54, 1.807) is 6.07 Å². The quantitative estimate of drug-likeness (QED) is 0.857. The second-order valence-electron chi connectivity index (χ2n) is 5.29. The van der Waals surface area contributed by atoms with Crippen LogP contribution in [0.4, 0.5) is 4.39 Å². The molecule has 0 spiro atoms. The van der Waals surface area contributed by atoms with Crippen LogP contribution in [0, 0.1) is 11.7 Å². The summed E-state index contributed by atoms with van der Waals surface area (Å²) < 4.78 is 15.3. The van der Waals surface area contributed by atoms with Gasteiger partial charge in [-0.2, -0.15) is 0 Å². The van der Waals surface area contributed by atoms with Crippen LogP contribution in [0.15, 0.2) is 30.5 Å². The summed E-state index contributed by atoms with van der Waals surface area (Å²) >= 11 is 0. The number of hydrogen-bond donors (Lipinski definition) is 1.